The number of fused-ring (bicyclic) bond motifs is 2. The van der Waals surface area contributed by atoms with Crippen molar-refractivity contribution in [1.29, 1.82) is 0 Å². The van der Waals surface area contributed by atoms with Crippen LogP contribution in [0, 0.1) is 29.6 Å². The summed E-state index contributed by atoms with van der Waals surface area (Å²) in [7, 11) is 0. The van der Waals surface area contributed by atoms with E-state index in [0.717, 1.165) is 12.8 Å². The summed E-state index contributed by atoms with van der Waals surface area (Å²) < 4.78 is 5.89. The van der Waals surface area contributed by atoms with Crippen LogP contribution in [0.3, 0.4) is 0 Å². The van der Waals surface area contributed by atoms with Crippen LogP contribution in [0.5, 0.6) is 0 Å². The molecule has 5 unspecified atom stereocenters. The van der Waals surface area contributed by atoms with Crippen molar-refractivity contribution in [2.24, 2.45) is 29.6 Å². The van der Waals surface area contributed by atoms with E-state index in [-0.39, 0.29) is 23.8 Å². The normalized spacial score (nSPS) is 33.0. The number of aliphatic carboxylic acids is 1. The molecule has 5 atom stereocenters. The molecule has 24 heavy (non-hydrogen) atoms. The fourth-order valence-corrected chi connectivity index (χ4v) is 4.97. The van der Waals surface area contributed by atoms with Crippen LogP contribution in [0.4, 0.5) is 0 Å². The molecule has 2 saturated carbocycles. The smallest absolute Gasteiger partial charge is 0.307 e. The summed E-state index contributed by atoms with van der Waals surface area (Å²) in [4.78, 5) is 24.1. The number of amides is 1. The van der Waals surface area contributed by atoms with Gasteiger partial charge in [-0.05, 0) is 50.4 Å². The lowest BCUT2D eigenvalue weighted by atomic mass is 9.82. The van der Waals surface area contributed by atoms with Gasteiger partial charge >= 0.3 is 5.97 Å². The van der Waals surface area contributed by atoms with Gasteiger partial charge in [-0.2, -0.15) is 0 Å². The van der Waals surface area contributed by atoms with Gasteiger partial charge in [-0.1, -0.05) is 25.0 Å². The minimum atomic E-state index is -0.842. The van der Waals surface area contributed by atoms with Crippen molar-refractivity contribution in [3.63, 3.8) is 0 Å². The number of rotatable bonds is 8. The molecule has 0 aliphatic heterocycles. The Morgan fingerprint density at radius 3 is 2.50 bits per heavy atom. The molecule has 0 aromatic carbocycles. The lowest BCUT2D eigenvalue weighted by Gasteiger charge is -2.26. The van der Waals surface area contributed by atoms with Crippen molar-refractivity contribution in [2.75, 3.05) is 13.2 Å². The quantitative estimate of drug-likeness (QED) is 0.669. The number of allylic oxidation sites excluding steroid dienone is 2. The molecular weight excluding hydrogens is 306 g/mol. The number of hydrogen-bond donors (Lipinski definition) is 2. The van der Waals surface area contributed by atoms with Crippen LogP contribution in [0.15, 0.2) is 12.2 Å². The lowest BCUT2D eigenvalue weighted by Crippen LogP contribution is -2.41. The van der Waals surface area contributed by atoms with E-state index in [4.69, 9.17) is 4.74 Å². The SMILES string of the molecule is CCOC(CCNC(=O)C1C2C=CC(C2)C1C(=O)O)C1CCCC1. The highest BCUT2D eigenvalue weighted by molar-refractivity contribution is 5.86. The topological polar surface area (TPSA) is 75.6 Å². The van der Waals surface area contributed by atoms with Crippen LogP contribution in [0.1, 0.15) is 45.4 Å². The van der Waals surface area contributed by atoms with Crippen LogP contribution in [0.25, 0.3) is 0 Å². The molecule has 0 aromatic rings. The lowest BCUT2D eigenvalue weighted by molar-refractivity contribution is -0.147. The summed E-state index contributed by atoms with van der Waals surface area (Å²) in [5.74, 6) is -1.18. The standard InChI is InChI=1S/C19H29NO4/c1-2-24-15(12-5-3-4-6-12)9-10-20-18(21)16-13-7-8-14(11-13)17(16)19(22)23/h7-8,12-17H,2-6,9-11H2,1H3,(H,20,21)(H,22,23). The molecule has 2 fully saturated rings. The summed E-state index contributed by atoms with van der Waals surface area (Å²) >= 11 is 0. The molecule has 5 nitrogen and oxygen atoms in total. The third kappa shape index (κ3) is 3.51. The highest BCUT2D eigenvalue weighted by Gasteiger charge is 2.51. The van der Waals surface area contributed by atoms with Crippen LogP contribution in [0.2, 0.25) is 0 Å². The predicted molar refractivity (Wildman–Crippen MR) is 90.4 cm³/mol. The molecular formula is C19H29NO4. The Bertz CT molecular complexity index is 498. The number of nitrogens with one attached hydrogen (secondary N) is 1. The van der Waals surface area contributed by atoms with Crippen molar-refractivity contribution in [3.05, 3.63) is 12.2 Å². The number of carbonyl (C=O) groups is 2. The molecule has 5 heteroatoms. The summed E-state index contributed by atoms with van der Waals surface area (Å²) in [6.07, 6.45) is 10.8. The first-order valence-electron chi connectivity index (χ1n) is 9.42. The van der Waals surface area contributed by atoms with Gasteiger partial charge in [0.1, 0.15) is 0 Å². The van der Waals surface area contributed by atoms with E-state index in [1.807, 2.05) is 19.1 Å². The van der Waals surface area contributed by atoms with Gasteiger partial charge in [-0.3, -0.25) is 9.59 Å². The Morgan fingerprint density at radius 2 is 1.88 bits per heavy atom. The second kappa shape index (κ2) is 7.68. The fraction of sp³-hybridized carbons (Fsp3) is 0.789. The van der Waals surface area contributed by atoms with E-state index >= 15 is 0 Å². The van der Waals surface area contributed by atoms with Crippen LogP contribution >= 0.6 is 0 Å². The third-order valence-corrected chi connectivity index (χ3v) is 6.08. The van der Waals surface area contributed by atoms with Crippen molar-refractivity contribution in [1.82, 2.24) is 5.32 Å². The number of ether oxygens (including phenoxy) is 1. The second-order valence-corrected chi connectivity index (χ2v) is 7.46. The number of hydrogen-bond acceptors (Lipinski definition) is 3. The largest absolute Gasteiger partial charge is 0.481 e. The Kier molecular flexibility index (Phi) is 5.59. The van der Waals surface area contributed by atoms with E-state index in [1.54, 1.807) is 0 Å². The van der Waals surface area contributed by atoms with Gasteiger partial charge in [-0.25, -0.2) is 0 Å². The van der Waals surface area contributed by atoms with Crippen molar-refractivity contribution >= 4 is 11.9 Å². The summed E-state index contributed by atoms with van der Waals surface area (Å²) in [5, 5.41) is 12.4. The summed E-state index contributed by atoms with van der Waals surface area (Å²) in [6.45, 7) is 3.29. The van der Waals surface area contributed by atoms with Gasteiger partial charge in [0.05, 0.1) is 17.9 Å². The van der Waals surface area contributed by atoms with E-state index in [9.17, 15) is 14.7 Å². The van der Waals surface area contributed by atoms with E-state index in [0.29, 0.717) is 19.1 Å². The van der Waals surface area contributed by atoms with E-state index < -0.39 is 17.8 Å². The first-order valence-corrected chi connectivity index (χ1v) is 9.42. The Labute approximate surface area is 143 Å². The molecule has 0 spiro atoms. The average Bonchev–Trinajstić information content (AvgIpc) is 3.29. The van der Waals surface area contributed by atoms with Gasteiger partial charge in [0, 0.05) is 13.2 Å². The molecule has 134 valence electrons. The van der Waals surface area contributed by atoms with Crippen LogP contribution < -0.4 is 5.32 Å². The average molecular weight is 335 g/mol. The minimum Gasteiger partial charge on any atom is -0.481 e. The maximum atomic E-state index is 12.6. The predicted octanol–water partition coefficient (Wildman–Crippen LogP) is 2.61. The number of carboxylic acids is 1. The first-order chi connectivity index (χ1) is 11.6. The molecule has 0 radical (unpaired) electrons. The number of carbonyl (C=O) groups excluding carboxylic acids is 1. The fourth-order valence-electron chi connectivity index (χ4n) is 4.97. The van der Waals surface area contributed by atoms with Gasteiger partial charge in [0.2, 0.25) is 5.91 Å². The zero-order chi connectivity index (χ0) is 17.1. The molecule has 0 aromatic heterocycles. The molecule has 3 aliphatic rings. The molecule has 0 saturated heterocycles. The van der Waals surface area contributed by atoms with Gasteiger partial charge in [0.25, 0.3) is 0 Å². The Morgan fingerprint density at radius 1 is 1.21 bits per heavy atom. The Balaban J connectivity index is 1.51. The van der Waals surface area contributed by atoms with Crippen LogP contribution in [-0.4, -0.2) is 36.2 Å². The molecule has 3 rings (SSSR count). The van der Waals surface area contributed by atoms with Crippen molar-refractivity contribution < 1.29 is 19.4 Å². The molecule has 1 amide bonds. The molecule has 2 bridgehead atoms. The zero-order valence-electron chi connectivity index (χ0n) is 14.4. The second-order valence-electron chi connectivity index (χ2n) is 7.46. The molecule has 3 aliphatic carbocycles. The number of carboxylic acid groups (broad SMARTS) is 1. The summed E-state index contributed by atoms with van der Waals surface area (Å²) in [6, 6.07) is 0. The van der Waals surface area contributed by atoms with Gasteiger partial charge in [0.15, 0.2) is 0 Å². The highest BCUT2D eigenvalue weighted by atomic mass is 16.5. The van der Waals surface area contributed by atoms with Gasteiger partial charge < -0.3 is 15.2 Å². The Hall–Kier alpha value is -1.36. The van der Waals surface area contributed by atoms with Crippen LogP contribution in [-0.2, 0) is 14.3 Å². The molecule has 0 heterocycles. The first kappa shape index (κ1) is 17.5. The summed E-state index contributed by atoms with van der Waals surface area (Å²) in [5.41, 5.74) is 0. The van der Waals surface area contributed by atoms with E-state index in [1.165, 1.54) is 25.7 Å². The molecule has 2 N–H and O–H groups in total. The third-order valence-electron chi connectivity index (χ3n) is 6.08. The minimum absolute atomic E-state index is 0.0258. The van der Waals surface area contributed by atoms with Crippen molar-refractivity contribution in [3.8, 4) is 0 Å². The maximum Gasteiger partial charge on any atom is 0.307 e. The van der Waals surface area contributed by atoms with E-state index in [2.05, 4.69) is 5.32 Å². The van der Waals surface area contributed by atoms with Gasteiger partial charge in [-0.15, -0.1) is 0 Å². The maximum absolute atomic E-state index is 12.6. The monoisotopic (exact) mass is 335 g/mol. The van der Waals surface area contributed by atoms with Crippen molar-refractivity contribution in [2.45, 2.75) is 51.6 Å². The zero-order valence-corrected chi connectivity index (χ0v) is 14.4. The highest BCUT2D eigenvalue weighted by Crippen LogP contribution is 2.48.